The van der Waals surface area contributed by atoms with Gasteiger partial charge in [0, 0.05) is 6.04 Å². The van der Waals surface area contributed by atoms with Gasteiger partial charge in [-0.3, -0.25) is 9.36 Å². The van der Waals surface area contributed by atoms with Crippen molar-refractivity contribution in [3.05, 3.63) is 22.4 Å². The summed E-state index contributed by atoms with van der Waals surface area (Å²) in [5.41, 5.74) is 6.84. The minimum Gasteiger partial charge on any atom is -0.393 e. The summed E-state index contributed by atoms with van der Waals surface area (Å²) in [6.07, 6.45) is 8.38. The molecule has 0 radical (unpaired) electrons. The maximum atomic E-state index is 12.4. The van der Waals surface area contributed by atoms with Crippen LogP contribution in [0.15, 0.2) is 11.1 Å². The Hall–Kier alpha value is -1.32. The third-order valence-corrected chi connectivity index (χ3v) is 5.73. The lowest BCUT2D eigenvalue weighted by Gasteiger charge is -2.54. The van der Waals surface area contributed by atoms with E-state index >= 15 is 0 Å². The quantitative estimate of drug-likeness (QED) is 0.840. The van der Waals surface area contributed by atoms with Crippen molar-refractivity contribution in [2.24, 2.45) is 23.7 Å². The van der Waals surface area contributed by atoms with Gasteiger partial charge in [-0.05, 0) is 62.7 Å². The third-order valence-electron chi connectivity index (χ3n) is 5.73. The van der Waals surface area contributed by atoms with Gasteiger partial charge in [0.1, 0.15) is 5.69 Å². The molecule has 5 rings (SSSR count). The Kier molecular flexibility index (Phi) is 2.32. The van der Waals surface area contributed by atoms with Crippen LogP contribution in [-0.4, -0.2) is 9.55 Å². The molecule has 1 aromatic heterocycles. The summed E-state index contributed by atoms with van der Waals surface area (Å²) in [6, 6.07) is 0.357. The van der Waals surface area contributed by atoms with E-state index < -0.39 is 0 Å². The van der Waals surface area contributed by atoms with Crippen molar-refractivity contribution >= 4 is 5.69 Å². The highest BCUT2D eigenvalue weighted by molar-refractivity contribution is 5.39. The number of aromatic nitrogens is 2. The average molecular weight is 259 g/mol. The molecule has 0 atom stereocenters. The molecule has 1 aromatic rings. The minimum absolute atomic E-state index is 0.0232. The predicted octanol–water partition coefficient (Wildman–Crippen LogP) is 2.13. The second kappa shape index (κ2) is 3.84. The molecule has 4 fully saturated rings. The average Bonchev–Trinajstić information content (AvgIpc) is 2.37. The van der Waals surface area contributed by atoms with Crippen molar-refractivity contribution in [2.75, 3.05) is 5.73 Å². The molecule has 0 aromatic carbocycles. The summed E-state index contributed by atoms with van der Waals surface area (Å²) in [5, 5.41) is 0. The summed E-state index contributed by atoms with van der Waals surface area (Å²) in [7, 11) is 0. The molecule has 4 nitrogen and oxygen atoms in total. The number of aryl methyl sites for hydroxylation is 1. The summed E-state index contributed by atoms with van der Waals surface area (Å²) in [4.78, 5) is 16.7. The Labute approximate surface area is 113 Å². The number of nitrogens with two attached hydrogens (primary N) is 1. The van der Waals surface area contributed by atoms with Crippen molar-refractivity contribution in [3.8, 4) is 0 Å². The summed E-state index contributed by atoms with van der Waals surface area (Å²) in [6.45, 7) is 1.80. The van der Waals surface area contributed by atoms with E-state index in [-0.39, 0.29) is 5.56 Å². The van der Waals surface area contributed by atoms with Crippen molar-refractivity contribution in [1.82, 2.24) is 9.55 Å². The fraction of sp³-hybridized carbons (Fsp3) is 0.733. The topological polar surface area (TPSA) is 60.9 Å². The molecule has 4 bridgehead atoms. The van der Waals surface area contributed by atoms with E-state index in [0.29, 0.717) is 29.3 Å². The first-order valence-corrected chi connectivity index (χ1v) is 7.46. The molecule has 0 amide bonds. The Bertz CT molecular complexity index is 549. The van der Waals surface area contributed by atoms with Gasteiger partial charge in [0.2, 0.25) is 0 Å². The van der Waals surface area contributed by atoms with Crippen LogP contribution in [0, 0.1) is 30.6 Å². The normalized spacial score (nSPS) is 39.7. The highest BCUT2D eigenvalue weighted by atomic mass is 16.1. The lowest BCUT2D eigenvalue weighted by molar-refractivity contribution is -0.0307. The lowest BCUT2D eigenvalue weighted by atomic mass is 9.54. The molecule has 0 spiro atoms. The minimum atomic E-state index is -0.0232. The Morgan fingerprint density at radius 3 is 2.32 bits per heavy atom. The van der Waals surface area contributed by atoms with Crippen LogP contribution in [0.5, 0.6) is 0 Å². The standard InChI is InChI=1S/C15H21N3O/c1-8-13(16)15(19)18(7-17-8)14-11-3-9-2-10(5-11)6-12(14)4-9/h7,9-12,14H,2-6,16H2,1H3. The van der Waals surface area contributed by atoms with Crippen LogP contribution in [0.3, 0.4) is 0 Å². The largest absolute Gasteiger partial charge is 0.393 e. The van der Waals surface area contributed by atoms with E-state index in [2.05, 4.69) is 4.98 Å². The molecular weight excluding hydrogens is 238 g/mol. The van der Waals surface area contributed by atoms with Gasteiger partial charge >= 0.3 is 0 Å². The number of nitrogens with zero attached hydrogens (tertiary/aromatic N) is 2. The molecule has 2 N–H and O–H groups in total. The number of nitrogen functional groups attached to an aromatic ring is 1. The Morgan fingerprint density at radius 1 is 1.16 bits per heavy atom. The lowest BCUT2D eigenvalue weighted by Crippen LogP contribution is -2.48. The monoisotopic (exact) mass is 259 g/mol. The van der Waals surface area contributed by atoms with E-state index in [4.69, 9.17) is 5.73 Å². The van der Waals surface area contributed by atoms with Gasteiger partial charge in [0.25, 0.3) is 5.56 Å². The fourth-order valence-corrected chi connectivity index (χ4v) is 5.13. The van der Waals surface area contributed by atoms with E-state index in [1.54, 1.807) is 13.3 Å². The maximum Gasteiger partial charge on any atom is 0.277 e. The van der Waals surface area contributed by atoms with Gasteiger partial charge < -0.3 is 5.73 Å². The molecule has 19 heavy (non-hydrogen) atoms. The van der Waals surface area contributed by atoms with Crippen LogP contribution >= 0.6 is 0 Å². The predicted molar refractivity (Wildman–Crippen MR) is 73.7 cm³/mol. The van der Waals surface area contributed by atoms with Crippen molar-refractivity contribution < 1.29 is 0 Å². The van der Waals surface area contributed by atoms with Crippen molar-refractivity contribution in [2.45, 2.75) is 45.1 Å². The maximum absolute atomic E-state index is 12.4. The van der Waals surface area contributed by atoms with Crippen LogP contribution in [0.2, 0.25) is 0 Å². The highest BCUT2D eigenvalue weighted by Gasteiger charge is 2.49. The molecule has 0 saturated heterocycles. The smallest absolute Gasteiger partial charge is 0.277 e. The zero-order valence-electron chi connectivity index (χ0n) is 11.4. The zero-order valence-corrected chi connectivity index (χ0v) is 11.4. The van der Waals surface area contributed by atoms with E-state index in [0.717, 1.165) is 11.8 Å². The zero-order chi connectivity index (χ0) is 13.1. The first-order chi connectivity index (χ1) is 9.13. The van der Waals surface area contributed by atoms with E-state index in [1.165, 1.54) is 32.1 Å². The van der Waals surface area contributed by atoms with E-state index in [9.17, 15) is 4.79 Å². The Balaban J connectivity index is 1.77. The van der Waals surface area contributed by atoms with Gasteiger partial charge in [-0.15, -0.1) is 0 Å². The molecule has 0 unspecified atom stereocenters. The van der Waals surface area contributed by atoms with Crippen LogP contribution < -0.4 is 11.3 Å². The van der Waals surface area contributed by atoms with Gasteiger partial charge in [0.15, 0.2) is 0 Å². The number of hydrogen-bond acceptors (Lipinski definition) is 3. The highest BCUT2D eigenvalue weighted by Crippen LogP contribution is 2.57. The second-order valence-electron chi connectivity index (χ2n) is 6.88. The molecule has 102 valence electrons. The summed E-state index contributed by atoms with van der Waals surface area (Å²) >= 11 is 0. The molecule has 4 heteroatoms. The first-order valence-electron chi connectivity index (χ1n) is 7.46. The van der Waals surface area contributed by atoms with Crippen LogP contribution in [0.25, 0.3) is 0 Å². The molecule has 0 aliphatic heterocycles. The molecule has 1 heterocycles. The number of rotatable bonds is 1. The first kappa shape index (κ1) is 11.5. The Morgan fingerprint density at radius 2 is 1.74 bits per heavy atom. The fourth-order valence-electron chi connectivity index (χ4n) is 5.13. The van der Waals surface area contributed by atoms with Crippen molar-refractivity contribution in [3.63, 3.8) is 0 Å². The van der Waals surface area contributed by atoms with Crippen LogP contribution in [-0.2, 0) is 0 Å². The second-order valence-corrected chi connectivity index (χ2v) is 6.88. The van der Waals surface area contributed by atoms with E-state index in [1.807, 2.05) is 4.57 Å². The molecule has 4 saturated carbocycles. The van der Waals surface area contributed by atoms with Gasteiger partial charge in [0.05, 0.1) is 12.0 Å². The number of anilines is 1. The summed E-state index contributed by atoms with van der Waals surface area (Å²) < 4.78 is 1.86. The third kappa shape index (κ3) is 1.58. The van der Waals surface area contributed by atoms with Crippen LogP contribution in [0.4, 0.5) is 5.69 Å². The van der Waals surface area contributed by atoms with Gasteiger partial charge in [-0.1, -0.05) is 0 Å². The van der Waals surface area contributed by atoms with Gasteiger partial charge in [-0.2, -0.15) is 0 Å². The summed E-state index contributed by atoms with van der Waals surface area (Å²) in [5.74, 6) is 3.20. The molecular formula is C15H21N3O. The SMILES string of the molecule is Cc1ncn(C2C3CC4CC(C3)CC2C4)c(=O)c1N. The van der Waals surface area contributed by atoms with Crippen LogP contribution in [0.1, 0.15) is 43.8 Å². The van der Waals surface area contributed by atoms with Crippen molar-refractivity contribution in [1.29, 1.82) is 0 Å². The molecule has 4 aliphatic rings. The van der Waals surface area contributed by atoms with Gasteiger partial charge in [-0.25, -0.2) is 4.98 Å². The number of hydrogen-bond donors (Lipinski definition) is 1. The molecule has 4 aliphatic carbocycles.